The third kappa shape index (κ3) is 4.38. The molecular weight excluding hydrogens is 395 g/mol. The van der Waals surface area contributed by atoms with Crippen LogP contribution in [0.2, 0.25) is 0 Å². The molecule has 0 fully saturated rings. The summed E-state index contributed by atoms with van der Waals surface area (Å²) in [6, 6.07) is 11.3. The van der Waals surface area contributed by atoms with Gasteiger partial charge in [0.2, 0.25) is 11.9 Å². The number of nitrogens with one attached hydrogen (secondary N) is 1. The van der Waals surface area contributed by atoms with Crippen molar-refractivity contribution in [2.45, 2.75) is 6.61 Å². The van der Waals surface area contributed by atoms with Crippen molar-refractivity contribution >= 4 is 34.9 Å². The maximum absolute atomic E-state index is 13.0. The van der Waals surface area contributed by atoms with E-state index in [-0.39, 0.29) is 30.1 Å². The predicted octanol–water partition coefficient (Wildman–Crippen LogP) is 3.55. The number of nitrogen functional groups attached to an aromatic ring is 1. The zero-order valence-corrected chi connectivity index (χ0v) is 15.8. The fourth-order valence-corrected chi connectivity index (χ4v) is 3.35. The van der Waals surface area contributed by atoms with E-state index >= 15 is 0 Å². The molecule has 0 aliphatic carbocycles. The Balaban J connectivity index is 1.46. The van der Waals surface area contributed by atoms with Crippen LogP contribution in [0.15, 0.2) is 60.2 Å². The highest BCUT2D eigenvalue weighted by atomic mass is 32.1. The zero-order chi connectivity index (χ0) is 20.2. The molecule has 0 saturated heterocycles. The van der Waals surface area contributed by atoms with Gasteiger partial charge in [-0.3, -0.25) is 0 Å². The summed E-state index contributed by atoms with van der Waals surface area (Å²) in [4.78, 5) is 25.1. The van der Waals surface area contributed by atoms with E-state index in [9.17, 15) is 9.18 Å². The number of nitrogens with zero attached hydrogens (tertiary/aromatic N) is 4. The largest absolute Gasteiger partial charge is 0.453 e. The molecule has 4 rings (SSSR count). The highest BCUT2D eigenvalue weighted by molar-refractivity contribution is 7.12. The first kappa shape index (κ1) is 18.6. The highest BCUT2D eigenvalue weighted by Crippen LogP contribution is 2.23. The Kier molecular flexibility index (Phi) is 5.16. The van der Waals surface area contributed by atoms with Crippen LogP contribution in [0.4, 0.5) is 22.0 Å². The Morgan fingerprint density at radius 1 is 1.14 bits per heavy atom. The van der Waals surface area contributed by atoms with Crippen molar-refractivity contribution in [2.24, 2.45) is 0 Å². The van der Waals surface area contributed by atoms with E-state index in [1.807, 2.05) is 40.5 Å². The summed E-state index contributed by atoms with van der Waals surface area (Å²) < 4.78 is 20.2. The quantitative estimate of drug-likeness (QED) is 0.468. The van der Waals surface area contributed by atoms with Crippen molar-refractivity contribution in [3.8, 4) is 5.69 Å². The zero-order valence-electron chi connectivity index (χ0n) is 14.9. The van der Waals surface area contributed by atoms with Gasteiger partial charge >= 0.3 is 5.97 Å². The molecule has 0 aliphatic heterocycles. The van der Waals surface area contributed by atoms with Crippen LogP contribution in [0.5, 0.6) is 0 Å². The number of ether oxygens (including phenoxy) is 1. The fourth-order valence-electron chi connectivity index (χ4n) is 2.57. The molecule has 29 heavy (non-hydrogen) atoms. The van der Waals surface area contributed by atoms with Crippen molar-refractivity contribution in [3.63, 3.8) is 0 Å². The van der Waals surface area contributed by atoms with Gasteiger partial charge in [-0.15, -0.1) is 11.3 Å². The van der Waals surface area contributed by atoms with Crippen LogP contribution < -0.4 is 11.1 Å². The molecule has 3 N–H and O–H groups in total. The smallest absolute Gasteiger partial charge is 0.350 e. The lowest BCUT2D eigenvalue weighted by molar-refractivity contribution is 0.0468. The molecule has 0 unspecified atom stereocenters. The molecule has 0 atom stereocenters. The van der Waals surface area contributed by atoms with Gasteiger partial charge in [0, 0.05) is 18.1 Å². The lowest BCUT2D eigenvalue weighted by Crippen LogP contribution is -2.11. The molecule has 4 aromatic rings. The van der Waals surface area contributed by atoms with Gasteiger partial charge in [-0.05, 0) is 47.8 Å². The number of carbonyl (C=O) groups excluding carboxylic acids is 1. The van der Waals surface area contributed by atoms with Crippen LogP contribution in [0.25, 0.3) is 5.69 Å². The van der Waals surface area contributed by atoms with Gasteiger partial charge in [-0.25, -0.2) is 9.18 Å². The first-order valence-corrected chi connectivity index (χ1v) is 9.37. The molecule has 0 amide bonds. The second kappa shape index (κ2) is 8.07. The van der Waals surface area contributed by atoms with Gasteiger partial charge < -0.3 is 20.4 Å². The SMILES string of the molecule is Nc1nc(COC(=O)c2sccc2-n2cccc2)nc(Nc2ccc(F)cc2)n1. The normalized spacial score (nSPS) is 10.7. The summed E-state index contributed by atoms with van der Waals surface area (Å²) in [6.45, 7) is -0.174. The van der Waals surface area contributed by atoms with Gasteiger partial charge in [0.05, 0.1) is 5.69 Å². The Morgan fingerprint density at radius 2 is 1.90 bits per heavy atom. The van der Waals surface area contributed by atoms with E-state index in [0.29, 0.717) is 10.6 Å². The minimum Gasteiger partial charge on any atom is -0.453 e. The van der Waals surface area contributed by atoms with E-state index in [2.05, 4.69) is 20.3 Å². The number of hydrogen-bond acceptors (Lipinski definition) is 8. The second-order valence-electron chi connectivity index (χ2n) is 5.87. The third-order valence-corrected chi connectivity index (χ3v) is 4.73. The monoisotopic (exact) mass is 410 g/mol. The lowest BCUT2D eigenvalue weighted by Gasteiger charge is -2.08. The summed E-state index contributed by atoms with van der Waals surface area (Å²) in [5, 5.41) is 4.72. The second-order valence-corrected chi connectivity index (χ2v) is 6.78. The Hall–Kier alpha value is -3.79. The number of nitrogens with two attached hydrogens (primary N) is 1. The van der Waals surface area contributed by atoms with Crippen molar-refractivity contribution in [1.29, 1.82) is 0 Å². The maximum atomic E-state index is 13.0. The molecule has 0 bridgehead atoms. The maximum Gasteiger partial charge on any atom is 0.350 e. The summed E-state index contributed by atoms with van der Waals surface area (Å²) in [7, 11) is 0. The minimum absolute atomic E-state index is 0.0279. The third-order valence-electron chi connectivity index (χ3n) is 3.84. The number of anilines is 3. The lowest BCUT2D eigenvalue weighted by atomic mass is 10.3. The average molecular weight is 410 g/mol. The topological polar surface area (TPSA) is 108 Å². The van der Waals surface area contributed by atoms with Crippen LogP contribution >= 0.6 is 11.3 Å². The molecule has 3 aromatic heterocycles. The predicted molar refractivity (Wildman–Crippen MR) is 107 cm³/mol. The number of carbonyl (C=O) groups is 1. The molecule has 0 radical (unpaired) electrons. The van der Waals surface area contributed by atoms with Gasteiger partial charge in [0.15, 0.2) is 12.4 Å². The number of halogens is 1. The van der Waals surface area contributed by atoms with E-state index in [4.69, 9.17) is 10.5 Å². The molecule has 10 heteroatoms. The molecule has 0 aliphatic rings. The number of rotatable bonds is 6. The number of esters is 1. The average Bonchev–Trinajstić information content (AvgIpc) is 3.39. The van der Waals surface area contributed by atoms with Crippen LogP contribution in [-0.2, 0) is 11.3 Å². The Morgan fingerprint density at radius 3 is 2.66 bits per heavy atom. The van der Waals surface area contributed by atoms with Crippen LogP contribution in [0.1, 0.15) is 15.5 Å². The molecule has 8 nitrogen and oxygen atoms in total. The van der Waals surface area contributed by atoms with Crippen LogP contribution in [-0.4, -0.2) is 25.5 Å². The number of benzene rings is 1. The van der Waals surface area contributed by atoms with Gasteiger partial charge in [0.25, 0.3) is 0 Å². The van der Waals surface area contributed by atoms with Crippen molar-refractivity contribution < 1.29 is 13.9 Å². The van der Waals surface area contributed by atoms with Crippen LogP contribution in [0, 0.1) is 5.82 Å². The fraction of sp³-hybridized carbons (Fsp3) is 0.0526. The summed E-state index contributed by atoms with van der Waals surface area (Å²) in [6.07, 6.45) is 3.69. The summed E-state index contributed by atoms with van der Waals surface area (Å²) in [5.74, 6) is -0.518. The molecule has 1 aromatic carbocycles. The summed E-state index contributed by atoms with van der Waals surface area (Å²) in [5.41, 5.74) is 7.04. The molecule has 146 valence electrons. The van der Waals surface area contributed by atoms with Gasteiger partial charge in [0.1, 0.15) is 10.7 Å². The summed E-state index contributed by atoms with van der Waals surface area (Å²) >= 11 is 1.28. The first-order chi connectivity index (χ1) is 14.1. The minimum atomic E-state index is -0.490. The standard InChI is InChI=1S/C19H15FN6O2S/c20-12-3-5-13(6-4-12)22-19-24-15(23-18(21)25-19)11-28-17(27)16-14(7-10-29-16)26-8-1-2-9-26/h1-10H,11H2,(H3,21,22,23,24,25). The van der Waals surface area contributed by atoms with Crippen molar-refractivity contribution in [3.05, 3.63) is 76.8 Å². The van der Waals surface area contributed by atoms with E-state index in [1.54, 1.807) is 0 Å². The number of aromatic nitrogens is 4. The first-order valence-electron chi connectivity index (χ1n) is 8.49. The van der Waals surface area contributed by atoms with E-state index < -0.39 is 5.97 Å². The van der Waals surface area contributed by atoms with Crippen molar-refractivity contribution in [2.75, 3.05) is 11.1 Å². The van der Waals surface area contributed by atoms with E-state index in [0.717, 1.165) is 5.69 Å². The Labute approximate surface area is 168 Å². The Bertz CT molecular complexity index is 1130. The highest BCUT2D eigenvalue weighted by Gasteiger charge is 2.17. The molecular formula is C19H15FN6O2S. The van der Waals surface area contributed by atoms with Gasteiger partial charge in [-0.1, -0.05) is 0 Å². The number of thiophene rings is 1. The van der Waals surface area contributed by atoms with Crippen molar-refractivity contribution in [1.82, 2.24) is 19.5 Å². The molecule has 3 heterocycles. The molecule has 0 spiro atoms. The van der Waals surface area contributed by atoms with E-state index in [1.165, 1.54) is 35.6 Å². The number of hydrogen-bond donors (Lipinski definition) is 2. The van der Waals surface area contributed by atoms with Gasteiger partial charge in [-0.2, -0.15) is 15.0 Å². The molecule has 0 saturated carbocycles. The van der Waals surface area contributed by atoms with Crippen LogP contribution in [0.3, 0.4) is 0 Å².